The van der Waals surface area contributed by atoms with Crippen LogP contribution in [0.15, 0.2) is 23.8 Å². The van der Waals surface area contributed by atoms with Gasteiger partial charge in [0.2, 0.25) is 0 Å². The molecule has 1 amide bonds. The van der Waals surface area contributed by atoms with E-state index < -0.39 is 0 Å². The Labute approximate surface area is 147 Å². The van der Waals surface area contributed by atoms with E-state index in [1.54, 1.807) is 17.5 Å². The number of nitrogens with one attached hydrogen (secondary N) is 1. The predicted octanol–water partition coefficient (Wildman–Crippen LogP) is 3.37. The van der Waals surface area contributed by atoms with Crippen LogP contribution in [0.2, 0.25) is 0 Å². The molecular formula is C18H24N4OS. The number of hydrogen-bond acceptors (Lipinski definition) is 5. The maximum atomic E-state index is 12.7. The Morgan fingerprint density at radius 1 is 1.33 bits per heavy atom. The number of carbonyl (C=O) groups excluding carboxylic acids is 1. The maximum absolute atomic E-state index is 12.7. The first kappa shape index (κ1) is 16.9. The molecule has 1 aliphatic heterocycles. The Bertz CT molecular complexity index is 683. The highest BCUT2D eigenvalue weighted by atomic mass is 32.1. The lowest BCUT2D eigenvalue weighted by molar-refractivity contribution is 0.0764. The molecule has 2 aromatic rings. The number of likely N-dealkylation sites (tertiary alicyclic amines) is 1. The van der Waals surface area contributed by atoms with E-state index in [9.17, 15) is 4.79 Å². The molecule has 0 aromatic carbocycles. The Balaban J connectivity index is 1.58. The van der Waals surface area contributed by atoms with E-state index in [1.807, 2.05) is 36.5 Å². The molecule has 24 heavy (non-hydrogen) atoms. The molecule has 3 heterocycles. The first-order chi connectivity index (χ1) is 11.7. The number of aryl methyl sites for hydroxylation is 1. The van der Waals surface area contributed by atoms with E-state index in [4.69, 9.17) is 0 Å². The van der Waals surface area contributed by atoms with Crippen LogP contribution in [0, 0.1) is 12.8 Å². The Morgan fingerprint density at radius 2 is 2.21 bits per heavy atom. The summed E-state index contributed by atoms with van der Waals surface area (Å²) in [5.41, 5.74) is 2.12. The largest absolute Gasteiger partial charge is 0.372 e. The summed E-state index contributed by atoms with van der Waals surface area (Å²) in [6.07, 6.45) is 7.81. The van der Waals surface area contributed by atoms with Gasteiger partial charge in [-0.25, -0.2) is 4.98 Å². The van der Waals surface area contributed by atoms with Gasteiger partial charge in [0.05, 0.1) is 23.0 Å². The maximum Gasteiger partial charge on any atom is 0.264 e. The Kier molecular flexibility index (Phi) is 5.45. The third-order valence-electron chi connectivity index (χ3n) is 4.65. The Morgan fingerprint density at radius 3 is 2.88 bits per heavy atom. The Hall–Kier alpha value is -1.95. The zero-order valence-electron chi connectivity index (χ0n) is 14.3. The number of carbonyl (C=O) groups is 1. The summed E-state index contributed by atoms with van der Waals surface area (Å²) in [5.74, 6) is 1.56. The summed E-state index contributed by atoms with van der Waals surface area (Å²) in [4.78, 5) is 24.4. The average molecular weight is 344 g/mol. The molecule has 1 saturated heterocycles. The number of thiophene rings is 1. The van der Waals surface area contributed by atoms with Crippen LogP contribution in [0.25, 0.3) is 0 Å². The van der Waals surface area contributed by atoms with Crippen molar-refractivity contribution < 1.29 is 4.79 Å². The third kappa shape index (κ3) is 3.93. The highest BCUT2D eigenvalue weighted by Gasteiger charge is 2.23. The van der Waals surface area contributed by atoms with Crippen LogP contribution in [-0.2, 0) is 6.42 Å². The fraction of sp³-hybridized carbons (Fsp3) is 0.500. The van der Waals surface area contributed by atoms with E-state index in [0.29, 0.717) is 5.92 Å². The van der Waals surface area contributed by atoms with E-state index >= 15 is 0 Å². The summed E-state index contributed by atoms with van der Waals surface area (Å²) >= 11 is 1.55. The number of aromatic nitrogens is 2. The monoisotopic (exact) mass is 344 g/mol. The van der Waals surface area contributed by atoms with Gasteiger partial charge in [-0.05, 0) is 55.5 Å². The number of amides is 1. The molecule has 0 radical (unpaired) electrons. The summed E-state index contributed by atoms with van der Waals surface area (Å²) in [7, 11) is 1.84. The summed E-state index contributed by atoms with van der Waals surface area (Å²) in [6.45, 7) is 3.71. The molecule has 6 heteroatoms. The first-order valence-corrected chi connectivity index (χ1v) is 9.37. The molecule has 1 unspecified atom stereocenters. The van der Waals surface area contributed by atoms with Crippen molar-refractivity contribution in [1.29, 1.82) is 0 Å². The van der Waals surface area contributed by atoms with Gasteiger partial charge < -0.3 is 10.2 Å². The van der Waals surface area contributed by atoms with Crippen LogP contribution >= 0.6 is 11.3 Å². The van der Waals surface area contributed by atoms with Crippen LogP contribution in [0.3, 0.4) is 0 Å². The van der Waals surface area contributed by atoms with Crippen molar-refractivity contribution >= 4 is 23.1 Å². The third-order valence-corrected chi connectivity index (χ3v) is 5.65. The van der Waals surface area contributed by atoms with Gasteiger partial charge in [-0.15, -0.1) is 11.3 Å². The minimum absolute atomic E-state index is 0.196. The normalized spacial score (nSPS) is 18.2. The fourth-order valence-corrected chi connectivity index (χ4v) is 4.09. The van der Waals surface area contributed by atoms with E-state index in [0.717, 1.165) is 60.7 Å². The second kappa shape index (κ2) is 7.75. The summed E-state index contributed by atoms with van der Waals surface area (Å²) in [5, 5.41) is 4.98. The molecule has 1 N–H and O–H groups in total. The van der Waals surface area contributed by atoms with E-state index in [2.05, 4.69) is 15.3 Å². The predicted molar refractivity (Wildman–Crippen MR) is 97.6 cm³/mol. The molecule has 0 spiro atoms. The molecule has 5 nitrogen and oxygen atoms in total. The van der Waals surface area contributed by atoms with Crippen LogP contribution in [-0.4, -0.2) is 40.9 Å². The van der Waals surface area contributed by atoms with Crippen LogP contribution in [0.1, 0.15) is 40.2 Å². The number of nitrogens with zero attached hydrogens (tertiary/aromatic N) is 3. The quantitative estimate of drug-likeness (QED) is 0.924. The molecule has 1 atom stereocenters. The van der Waals surface area contributed by atoms with Crippen LogP contribution < -0.4 is 5.32 Å². The van der Waals surface area contributed by atoms with Crippen LogP contribution in [0.5, 0.6) is 0 Å². The van der Waals surface area contributed by atoms with Crippen LogP contribution in [0.4, 0.5) is 5.82 Å². The molecule has 128 valence electrons. The second-order valence-corrected chi connectivity index (χ2v) is 7.29. The lowest BCUT2D eigenvalue weighted by Crippen LogP contribution is -2.31. The lowest BCUT2D eigenvalue weighted by atomic mass is 9.95. The minimum Gasteiger partial charge on any atom is -0.372 e. The molecular weight excluding hydrogens is 320 g/mol. The van der Waals surface area contributed by atoms with Crippen molar-refractivity contribution in [3.05, 3.63) is 40.0 Å². The molecule has 1 fully saturated rings. The molecule has 0 aliphatic carbocycles. The lowest BCUT2D eigenvalue weighted by Gasteiger charge is -2.20. The second-order valence-electron chi connectivity index (χ2n) is 6.37. The molecule has 0 saturated carbocycles. The molecule has 3 rings (SSSR count). The van der Waals surface area contributed by atoms with Gasteiger partial charge in [-0.1, -0.05) is 0 Å². The molecule has 1 aliphatic rings. The number of hydrogen-bond donors (Lipinski definition) is 1. The van der Waals surface area contributed by atoms with Crippen molar-refractivity contribution in [2.75, 3.05) is 25.5 Å². The van der Waals surface area contributed by atoms with Gasteiger partial charge in [0.25, 0.3) is 5.91 Å². The highest BCUT2D eigenvalue weighted by Crippen LogP contribution is 2.24. The van der Waals surface area contributed by atoms with Crippen molar-refractivity contribution in [2.45, 2.75) is 32.6 Å². The van der Waals surface area contributed by atoms with Crippen molar-refractivity contribution in [2.24, 2.45) is 5.92 Å². The van der Waals surface area contributed by atoms with Gasteiger partial charge >= 0.3 is 0 Å². The molecule has 2 aromatic heterocycles. The topological polar surface area (TPSA) is 58.1 Å². The first-order valence-electron chi connectivity index (χ1n) is 8.49. The van der Waals surface area contributed by atoms with E-state index in [1.165, 1.54) is 0 Å². The fourth-order valence-electron chi connectivity index (χ4n) is 3.19. The van der Waals surface area contributed by atoms with E-state index in [-0.39, 0.29) is 5.91 Å². The minimum atomic E-state index is 0.196. The highest BCUT2D eigenvalue weighted by molar-refractivity contribution is 7.12. The standard InChI is InChI=1S/C18H24N4OS/c1-13-6-9-24-17(13)18(23)22-7-3-4-14(5-8-22)10-15-11-21-16(19-2)12-20-15/h6,9,11-12,14H,3-5,7-8,10H2,1-2H3,(H,19,21). The summed E-state index contributed by atoms with van der Waals surface area (Å²) < 4.78 is 0. The van der Waals surface area contributed by atoms with Crippen molar-refractivity contribution in [1.82, 2.24) is 14.9 Å². The zero-order chi connectivity index (χ0) is 16.9. The van der Waals surface area contributed by atoms with Gasteiger partial charge in [0.15, 0.2) is 0 Å². The zero-order valence-corrected chi connectivity index (χ0v) is 15.1. The number of rotatable bonds is 4. The number of anilines is 1. The van der Waals surface area contributed by atoms with Gasteiger partial charge in [0, 0.05) is 20.1 Å². The van der Waals surface area contributed by atoms with Gasteiger partial charge in [0.1, 0.15) is 5.82 Å². The van der Waals surface area contributed by atoms with Gasteiger partial charge in [-0.2, -0.15) is 0 Å². The SMILES string of the molecule is CNc1cnc(CC2CCCN(C(=O)c3sccc3C)CC2)cn1. The van der Waals surface area contributed by atoms with Crippen molar-refractivity contribution in [3.8, 4) is 0 Å². The van der Waals surface area contributed by atoms with Gasteiger partial charge in [-0.3, -0.25) is 9.78 Å². The molecule has 0 bridgehead atoms. The summed E-state index contributed by atoms with van der Waals surface area (Å²) in [6, 6.07) is 2.02. The van der Waals surface area contributed by atoms with Crippen molar-refractivity contribution in [3.63, 3.8) is 0 Å². The average Bonchev–Trinajstić information content (AvgIpc) is 2.89. The smallest absolute Gasteiger partial charge is 0.264 e.